The minimum Gasteiger partial charge on any atom is -0.462 e. The van der Waals surface area contributed by atoms with Crippen LogP contribution in [0.3, 0.4) is 0 Å². The topological polar surface area (TPSA) is 78.9 Å². The molecule has 0 aliphatic carbocycles. The van der Waals surface area contributed by atoms with Crippen molar-refractivity contribution in [3.05, 3.63) is 0 Å². The third-order valence-corrected chi connectivity index (χ3v) is 10.8. The highest BCUT2D eigenvalue weighted by Gasteiger charge is 2.19. The maximum Gasteiger partial charge on any atom is 0.306 e. The Morgan fingerprint density at radius 1 is 0.377 bits per heavy atom. The molecule has 0 aromatic rings. The number of hydrogen-bond acceptors (Lipinski definition) is 6. The van der Waals surface area contributed by atoms with E-state index >= 15 is 0 Å². The Morgan fingerprint density at radius 3 is 0.981 bits per heavy atom. The molecule has 0 saturated heterocycles. The molecule has 0 heterocycles. The summed E-state index contributed by atoms with van der Waals surface area (Å²) in [6, 6.07) is 0. The van der Waals surface area contributed by atoms with Gasteiger partial charge >= 0.3 is 17.9 Å². The first-order valence-corrected chi connectivity index (χ1v) is 23.1. The van der Waals surface area contributed by atoms with E-state index in [0.717, 1.165) is 75.5 Å². The van der Waals surface area contributed by atoms with Crippen LogP contribution in [0.25, 0.3) is 0 Å². The van der Waals surface area contributed by atoms with Crippen LogP contribution in [0.1, 0.15) is 247 Å². The molecular weight excluding hydrogens is 661 g/mol. The lowest BCUT2D eigenvalue weighted by molar-refractivity contribution is -0.167. The van der Waals surface area contributed by atoms with Gasteiger partial charge in [0.15, 0.2) is 6.10 Å². The van der Waals surface area contributed by atoms with Gasteiger partial charge in [-0.05, 0) is 37.0 Å². The average Bonchev–Trinajstić information content (AvgIpc) is 3.12. The van der Waals surface area contributed by atoms with Gasteiger partial charge in [0.1, 0.15) is 13.2 Å². The van der Waals surface area contributed by atoms with Crippen molar-refractivity contribution in [2.45, 2.75) is 253 Å². The predicted molar refractivity (Wildman–Crippen MR) is 224 cm³/mol. The molecule has 314 valence electrons. The highest BCUT2D eigenvalue weighted by molar-refractivity contribution is 5.71. The van der Waals surface area contributed by atoms with E-state index in [0.29, 0.717) is 19.3 Å². The monoisotopic (exact) mass is 751 g/mol. The standard InChI is InChI=1S/C47H90O6/c1-7-43(6)35-29-23-16-13-14-17-24-30-36-45(48)51-39-44(40-52-46(49)37-31-25-20-19-22-28-34-42(4)5)53-47(50)38-32-26-18-12-10-8-9-11-15-21-27-33-41(2)3/h41-44H,7-40H2,1-6H3/t43?,44-/m0/s1. The summed E-state index contributed by atoms with van der Waals surface area (Å²) in [7, 11) is 0. The van der Waals surface area contributed by atoms with Gasteiger partial charge in [0, 0.05) is 19.3 Å². The van der Waals surface area contributed by atoms with Gasteiger partial charge in [0.2, 0.25) is 0 Å². The lowest BCUT2D eigenvalue weighted by Gasteiger charge is -2.18. The number of hydrogen-bond donors (Lipinski definition) is 0. The van der Waals surface area contributed by atoms with Crippen molar-refractivity contribution in [2.75, 3.05) is 13.2 Å². The maximum absolute atomic E-state index is 12.7. The number of unbranched alkanes of at least 4 members (excludes halogenated alkanes) is 22. The molecule has 0 radical (unpaired) electrons. The van der Waals surface area contributed by atoms with Crippen molar-refractivity contribution in [2.24, 2.45) is 17.8 Å². The van der Waals surface area contributed by atoms with Crippen LogP contribution in [-0.4, -0.2) is 37.2 Å². The van der Waals surface area contributed by atoms with Crippen LogP contribution in [0.2, 0.25) is 0 Å². The molecule has 0 rings (SSSR count). The van der Waals surface area contributed by atoms with E-state index in [1.54, 1.807) is 0 Å². The van der Waals surface area contributed by atoms with Crippen molar-refractivity contribution < 1.29 is 28.6 Å². The second kappa shape index (κ2) is 38.7. The summed E-state index contributed by atoms with van der Waals surface area (Å²) in [5.74, 6) is 1.57. The molecule has 0 aliphatic rings. The zero-order valence-corrected chi connectivity index (χ0v) is 36.3. The maximum atomic E-state index is 12.7. The quantitative estimate of drug-likeness (QED) is 0.0352. The van der Waals surface area contributed by atoms with Gasteiger partial charge in [-0.1, -0.05) is 208 Å². The molecule has 0 aromatic carbocycles. The average molecular weight is 751 g/mol. The summed E-state index contributed by atoms with van der Waals surface area (Å²) < 4.78 is 16.7. The molecule has 6 nitrogen and oxygen atoms in total. The first-order valence-electron chi connectivity index (χ1n) is 23.1. The third kappa shape index (κ3) is 39.9. The molecule has 53 heavy (non-hydrogen) atoms. The van der Waals surface area contributed by atoms with E-state index in [-0.39, 0.29) is 31.1 Å². The van der Waals surface area contributed by atoms with E-state index in [9.17, 15) is 14.4 Å². The van der Waals surface area contributed by atoms with Crippen LogP contribution in [0.15, 0.2) is 0 Å². The Labute approximate surface area is 329 Å². The summed E-state index contributed by atoms with van der Waals surface area (Å²) in [6.07, 6.45) is 35.2. The van der Waals surface area contributed by atoms with Crippen LogP contribution >= 0.6 is 0 Å². The van der Waals surface area contributed by atoms with E-state index in [1.807, 2.05) is 0 Å². The molecule has 0 spiro atoms. The Balaban J connectivity index is 4.34. The highest BCUT2D eigenvalue weighted by atomic mass is 16.6. The van der Waals surface area contributed by atoms with Crippen molar-refractivity contribution >= 4 is 17.9 Å². The van der Waals surface area contributed by atoms with Crippen molar-refractivity contribution in [3.8, 4) is 0 Å². The number of carbonyl (C=O) groups is 3. The first kappa shape index (κ1) is 51.4. The fourth-order valence-corrected chi connectivity index (χ4v) is 6.85. The highest BCUT2D eigenvalue weighted by Crippen LogP contribution is 2.17. The van der Waals surface area contributed by atoms with E-state index in [4.69, 9.17) is 14.2 Å². The Morgan fingerprint density at radius 2 is 0.660 bits per heavy atom. The van der Waals surface area contributed by atoms with Crippen molar-refractivity contribution in [3.63, 3.8) is 0 Å². The van der Waals surface area contributed by atoms with Gasteiger partial charge < -0.3 is 14.2 Å². The van der Waals surface area contributed by atoms with Crippen LogP contribution in [0.4, 0.5) is 0 Å². The molecule has 2 atom stereocenters. The van der Waals surface area contributed by atoms with Gasteiger partial charge in [0.05, 0.1) is 0 Å². The Kier molecular flexibility index (Phi) is 37.5. The van der Waals surface area contributed by atoms with Gasteiger partial charge in [-0.2, -0.15) is 0 Å². The van der Waals surface area contributed by atoms with Crippen LogP contribution in [0, 0.1) is 17.8 Å². The molecule has 1 unspecified atom stereocenters. The number of rotatable bonds is 40. The third-order valence-electron chi connectivity index (χ3n) is 10.8. The summed E-state index contributed by atoms with van der Waals surface area (Å²) in [4.78, 5) is 37.7. The number of carbonyl (C=O) groups excluding carboxylic acids is 3. The summed E-state index contributed by atoms with van der Waals surface area (Å²) in [6.45, 7) is 13.6. The second-order valence-electron chi connectivity index (χ2n) is 17.2. The fraction of sp³-hybridized carbons (Fsp3) is 0.936. The minimum absolute atomic E-state index is 0.0669. The van der Waals surface area contributed by atoms with E-state index in [2.05, 4.69) is 41.5 Å². The number of esters is 3. The first-order chi connectivity index (χ1) is 25.6. The zero-order chi connectivity index (χ0) is 39.2. The molecule has 0 amide bonds. The van der Waals surface area contributed by atoms with E-state index < -0.39 is 6.10 Å². The van der Waals surface area contributed by atoms with Gasteiger partial charge in [0.25, 0.3) is 0 Å². The van der Waals surface area contributed by atoms with E-state index in [1.165, 1.54) is 128 Å². The molecule has 0 bridgehead atoms. The van der Waals surface area contributed by atoms with Crippen LogP contribution in [-0.2, 0) is 28.6 Å². The second-order valence-corrected chi connectivity index (χ2v) is 17.2. The number of ether oxygens (including phenoxy) is 3. The smallest absolute Gasteiger partial charge is 0.306 e. The molecular formula is C47H90O6. The molecule has 6 heteroatoms. The Bertz CT molecular complexity index is 824. The van der Waals surface area contributed by atoms with Gasteiger partial charge in [-0.3, -0.25) is 14.4 Å². The van der Waals surface area contributed by atoms with Gasteiger partial charge in [-0.15, -0.1) is 0 Å². The largest absolute Gasteiger partial charge is 0.462 e. The lowest BCUT2D eigenvalue weighted by atomic mass is 9.99. The van der Waals surface area contributed by atoms with Crippen molar-refractivity contribution in [1.82, 2.24) is 0 Å². The van der Waals surface area contributed by atoms with Crippen molar-refractivity contribution in [1.29, 1.82) is 0 Å². The van der Waals surface area contributed by atoms with Crippen LogP contribution in [0.5, 0.6) is 0 Å². The predicted octanol–water partition coefficient (Wildman–Crippen LogP) is 14.4. The van der Waals surface area contributed by atoms with Crippen LogP contribution < -0.4 is 0 Å². The fourth-order valence-electron chi connectivity index (χ4n) is 6.85. The molecule has 0 fully saturated rings. The molecule has 0 aliphatic heterocycles. The molecule has 0 N–H and O–H groups in total. The minimum atomic E-state index is -0.762. The Hall–Kier alpha value is -1.59. The zero-order valence-electron chi connectivity index (χ0n) is 36.3. The summed E-state index contributed by atoms with van der Waals surface area (Å²) in [5.41, 5.74) is 0. The summed E-state index contributed by atoms with van der Waals surface area (Å²) >= 11 is 0. The normalized spacial score (nSPS) is 12.7. The van der Waals surface area contributed by atoms with Gasteiger partial charge in [-0.25, -0.2) is 0 Å². The lowest BCUT2D eigenvalue weighted by Crippen LogP contribution is -2.30. The molecule has 0 saturated carbocycles. The molecule has 0 aromatic heterocycles. The summed E-state index contributed by atoms with van der Waals surface area (Å²) in [5, 5.41) is 0. The SMILES string of the molecule is CCC(C)CCCCCCCCCCC(=O)OC[C@@H](COC(=O)CCCCCCCCC(C)C)OC(=O)CCCCCCCCCCCCCC(C)C.